The second-order valence-electron chi connectivity index (χ2n) is 10.3. The van der Waals surface area contributed by atoms with Gasteiger partial charge in [-0.2, -0.15) is 0 Å². The molecule has 0 spiro atoms. The molecule has 0 unspecified atom stereocenters. The number of carbonyl (C=O) groups is 4. The minimum absolute atomic E-state index is 0.157. The minimum Gasteiger partial charge on any atom is -0.480 e. The maximum absolute atomic E-state index is 12.9. The predicted octanol–water partition coefficient (Wildman–Crippen LogP) is 2.47. The van der Waals surface area contributed by atoms with Gasteiger partial charge in [0, 0.05) is 6.42 Å². The van der Waals surface area contributed by atoms with Crippen molar-refractivity contribution in [3.05, 3.63) is 0 Å². The fourth-order valence-electron chi connectivity index (χ4n) is 2.36. The van der Waals surface area contributed by atoms with E-state index in [-0.39, 0.29) is 12.8 Å². The molecule has 10 heteroatoms. The van der Waals surface area contributed by atoms with Crippen LogP contribution < -0.4 is 5.73 Å². The summed E-state index contributed by atoms with van der Waals surface area (Å²) in [5.74, 6) is -2.74. The lowest BCUT2D eigenvalue weighted by molar-refractivity contribution is -0.163. The largest absolute Gasteiger partial charge is 0.480 e. The van der Waals surface area contributed by atoms with Gasteiger partial charge in [-0.3, -0.25) is 14.5 Å². The number of esters is 2. The quantitative estimate of drug-likeness (QED) is 0.424. The highest BCUT2D eigenvalue weighted by Gasteiger charge is 2.38. The molecule has 2 atom stereocenters. The van der Waals surface area contributed by atoms with E-state index in [0.717, 1.165) is 4.90 Å². The number of hydrogen-bond acceptors (Lipinski definition) is 8. The van der Waals surface area contributed by atoms with Crippen LogP contribution >= 0.6 is 0 Å². The molecule has 0 heterocycles. The molecule has 0 aliphatic heterocycles. The fraction of sp³-hybridized carbons (Fsp3) is 0.810. The van der Waals surface area contributed by atoms with Crippen molar-refractivity contribution in [3.8, 4) is 0 Å². The standard InChI is InChI=1S/C21H38N2O8/c1-19(2,3)29-15(24)11-10-14(17(27)30-20(4,5)6)23(12-13(22)16(25)26)18(28)31-21(7,8)9/h13-14H,10-12,22H2,1-9H3,(H,25,26)/t13-,14+/m1/s1. The molecule has 0 fully saturated rings. The molecule has 0 bridgehead atoms. The number of carboxylic acids is 1. The highest BCUT2D eigenvalue weighted by Crippen LogP contribution is 2.20. The first kappa shape index (κ1) is 28.6. The van der Waals surface area contributed by atoms with Crippen LogP contribution in [0, 0.1) is 0 Å². The second-order valence-corrected chi connectivity index (χ2v) is 10.3. The highest BCUT2D eigenvalue weighted by molar-refractivity contribution is 5.83. The summed E-state index contributed by atoms with van der Waals surface area (Å²) < 4.78 is 16.0. The Morgan fingerprint density at radius 3 is 1.68 bits per heavy atom. The number of nitrogens with two attached hydrogens (primary N) is 1. The lowest BCUT2D eigenvalue weighted by atomic mass is 10.1. The van der Waals surface area contributed by atoms with E-state index in [0.29, 0.717) is 0 Å². The molecule has 0 aliphatic rings. The lowest BCUT2D eigenvalue weighted by Crippen LogP contribution is -2.54. The van der Waals surface area contributed by atoms with Gasteiger partial charge in [-0.15, -0.1) is 0 Å². The first-order valence-electron chi connectivity index (χ1n) is 10.1. The Morgan fingerprint density at radius 1 is 0.839 bits per heavy atom. The number of hydrogen-bond donors (Lipinski definition) is 2. The summed E-state index contributed by atoms with van der Waals surface area (Å²) in [6.45, 7) is 14.4. The van der Waals surface area contributed by atoms with Crippen molar-refractivity contribution in [1.82, 2.24) is 4.90 Å². The molecule has 1 amide bonds. The van der Waals surface area contributed by atoms with Crippen molar-refractivity contribution >= 4 is 24.0 Å². The molecule has 0 rings (SSSR count). The number of amides is 1. The number of carbonyl (C=O) groups excluding carboxylic acids is 3. The van der Waals surface area contributed by atoms with Crippen molar-refractivity contribution in [2.45, 2.75) is 104 Å². The third-order valence-electron chi connectivity index (χ3n) is 3.44. The Labute approximate surface area is 184 Å². The topological polar surface area (TPSA) is 145 Å². The second kappa shape index (κ2) is 10.8. The lowest BCUT2D eigenvalue weighted by Gasteiger charge is -2.34. The first-order valence-corrected chi connectivity index (χ1v) is 10.1. The molecule has 0 saturated heterocycles. The van der Waals surface area contributed by atoms with Gasteiger partial charge in [0.05, 0.1) is 6.54 Å². The number of nitrogens with zero attached hydrogens (tertiary/aromatic N) is 1. The number of ether oxygens (including phenoxy) is 3. The Hall–Kier alpha value is -2.36. The van der Waals surface area contributed by atoms with Gasteiger partial charge >= 0.3 is 24.0 Å². The molecule has 0 radical (unpaired) electrons. The molecule has 0 saturated carbocycles. The zero-order chi connectivity index (χ0) is 24.8. The van der Waals surface area contributed by atoms with Crippen LogP contribution in [-0.2, 0) is 28.6 Å². The Balaban J connectivity index is 5.92. The maximum atomic E-state index is 12.9. The van der Waals surface area contributed by atoms with Crippen molar-refractivity contribution in [3.63, 3.8) is 0 Å². The summed E-state index contributed by atoms with van der Waals surface area (Å²) in [6, 6.07) is -2.77. The minimum atomic E-state index is -1.47. The van der Waals surface area contributed by atoms with Crippen LogP contribution in [0.4, 0.5) is 4.79 Å². The van der Waals surface area contributed by atoms with Gasteiger partial charge in [0.15, 0.2) is 0 Å². The number of aliphatic carboxylic acids is 1. The van der Waals surface area contributed by atoms with Gasteiger partial charge in [0.25, 0.3) is 0 Å². The summed E-state index contributed by atoms with van der Waals surface area (Å²) in [5, 5.41) is 9.20. The van der Waals surface area contributed by atoms with E-state index in [1.54, 1.807) is 62.3 Å². The normalized spacial score (nSPS) is 14.3. The van der Waals surface area contributed by atoms with E-state index < -0.39 is 59.4 Å². The van der Waals surface area contributed by atoms with Crippen molar-refractivity contribution in [2.75, 3.05) is 6.54 Å². The third kappa shape index (κ3) is 12.8. The SMILES string of the molecule is CC(C)(C)OC(=O)CC[C@@H](C(=O)OC(C)(C)C)N(C[C@@H](N)C(=O)O)C(=O)OC(C)(C)C. The molecule has 0 aromatic heterocycles. The van der Waals surface area contributed by atoms with Gasteiger partial charge in [0.1, 0.15) is 28.9 Å². The molecule has 0 aromatic rings. The van der Waals surface area contributed by atoms with E-state index in [4.69, 9.17) is 19.9 Å². The fourth-order valence-corrected chi connectivity index (χ4v) is 2.36. The molecule has 31 heavy (non-hydrogen) atoms. The van der Waals surface area contributed by atoms with Crippen LogP contribution in [0.25, 0.3) is 0 Å². The third-order valence-corrected chi connectivity index (χ3v) is 3.44. The summed E-state index contributed by atoms with van der Waals surface area (Å²) >= 11 is 0. The highest BCUT2D eigenvalue weighted by atomic mass is 16.6. The molecule has 10 nitrogen and oxygen atoms in total. The van der Waals surface area contributed by atoms with Gasteiger partial charge in [-0.1, -0.05) is 0 Å². The van der Waals surface area contributed by atoms with E-state index in [1.165, 1.54) is 0 Å². The summed E-state index contributed by atoms with van der Waals surface area (Å²) in [7, 11) is 0. The molecular formula is C21H38N2O8. The van der Waals surface area contributed by atoms with Crippen LogP contribution in [0.2, 0.25) is 0 Å². The van der Waals surface area contributed by atoms with Gasteiger partial charge in [0.2, 0.25) is 0 Å². The molecule has 0 aliphatic carbocycles. The smallest absolute Gasteiger partial charge is 0.411 e. The van der Waals surface area contributed by atoms with E-state index >= 15 is 0 Å². The maximum Gasteiger partial charge on any atom is 0.411 e. The summed E-state index contributed by atoms with van der Waals surface area (Å²) in [6.07, 6.45) is -1.30. The van der Waals surface area contributed by atoms with Gasteiger partial charge in [-0.25, -0.2) is 9.59 Å². The van der Waals surface area contributed by atoms with Crippen molar-refractivity contribution in [2.24, 2.45) is 5.73 Å². The predicted molar refractivity (Wildman–Crippen MR) is 113 cm³/mol. The van der Waals surface area contributed by atoms with Crippen LogP contribution in [0.5, 0.6) is 0 Å². The van der Waals surface area contributed by atoms with Crippen LogP contribution in [0.15, 0.2) is 0 Å². The van der Waals surface area contributed by atoms with Gasteiger partial charge < -0.3 is 25.1 Å². The van der Waals surface area contributed by atoms with E-state index in [2.05, 4.69) is 0 Å². The number of carboxylic acid groups (broad SMARTS) is 1. The summed E-state index contributed by atoms with van der Waals surface area (Å²) in [4.78, 5) is 50.1. The van der Waals surface area contributed by atoms with Crippen molar-refractivity contribution < 1.29 is 38.5 Å². The zero-order valence-electron chi connectivity index (χ0n) is 20.1. The van der Waals surface area contributed by atoms with Gasteiger partial charge in [-0.05, 0) is 68.7 Å². The van der Waals surface area contributed by atoms with E-state index in [9.17, 15) is 24.3 Å². The van der Waals surface area contributed by atoms with Crippen molar-refractivity contribution in [1.29, 1.82) is 0 Å². The van der Waals surface area contributed by atoms with E-state index in [1.807, 2.05) is 0 Å². The van der Waals surface area contributed by atoms with Crippen LogP contribution in [0.1, 0.15) is 75.2 Å². The monoisotopic (exact) mass is 446 g/mol. The summed E-state index contributed by atoms with van der Waals surface area (Å²) in [5.41, 5.74) is 3.11. The average Bonchev–Trinajstić information content (AvgIpc) is 2.48. The van der Waals surface area contributed by atoms with Crippen LogP contribution in [-0.4, -0.2) is 69.4 Å². The Bertz CT molecular complexity index is 656. The Morgan fingerprint density at radius 2 is 1.29 bits per heavy atom. The molecule has 0 aromatic carbocycles. The first-order chi connectivity index (χ1) is 13.7. The average molecular weight is 447 g/mol. The molecular weight excluding hydrogens is 408 g/mol. The number of rotatable bonds is 8. The Kier molecular flexibility index (Phi) is 9.97. The molecule has 180 valence electrons. The zero-order valence-corrected chi connectivity index (χ0v) is 20.1. The molecule has 3 N–H and O–H groups in total. The van der Waals surface area contributed by atoms with Crippen LogP contribution in [0.3, 0.4) is 0 Å².